The predicted molar refractivity (Wildman–Crippen MR) is 74.3 cm³/mol. The molecule has 0 aromatic carbocycles. The Morgan fingerprint density at radius 2 is 1.88 bits per heavy atom. The molecule has 0 aromatic heterocycles. The van der Waals surface area contributed by atoms with Gasteiger partial charge in [0.15, 0.2) is 0 Å². The van der Waals surface area contributed by atoms with E-state index >= 15 is 0 Å². The van der Waals surface area contributed by atoms with Crippen LogP contribution in [0.5, 0.6) is 0 Å². The third-order valence-corrected chi connectivity index (χ3v) is 4.69. The summed E-state index contributed by atoms with van der Waals surface area (Å²) in [6.45, 7) is 8.65. The highest BCUT2D eigenvalue weighted by molar-refractivity contribution is 4.78. The fraction of sp³-hybridized carbons (Fsp3) is 1.00. The first kappa shape index (κ1) is 13.4. The summed E-state index contributed by atoms with van der Waals surface area (Å²) in [5.74, 6) is 0.942. The van der Waals surface area contributed by atoms with E-state index in [-0.39, 0.29) is 0 Å². The van der Waals surface area contributed by atoms with Gasteiger partial charge >= 0.3 is 0 Å². The molecule has 1 heterocycles. The molecule has 1 saturated heterocycles. The van der Waals surface area contributed by atoms with Gasteiger partial charge in [0.1, 0.15) is 0 Å². The molecule has 0 aromatic rings. The van der Waals surface area contributed by atoms with Gasteiger partial charge in [-0.25, -0.2) is 0 Å². The number of hydrogen-bond acceptors (Lipinski definition) is 2. The molecule has 2 aliphatic rings. The number of rotatable bonds is 5. The van der Waals surface area contributed by atoms with Crippen molar-refractivity contribution in [3.8, 4) is 0 Å². The van der Waals surface area contributed by atoms with Gasteiger partial charge in [0, 0.05) is 12.1 Å². The zero-order chi connectivity index (χ0) is 12.1. The van der Waals surface area contributed by atoms with Crippen LogP contribution in [0.1, 0.15) is 58.8 Å². The maximum atomic E-state index is 3.72. The van der Waals surface area contributed by atoms with Crippen LogP contribution < -0.4 is 5.32 Å². The third-order valence-electron chi connectivity index (χ3n) is 4.69. The second kappa shape index (κ2) is 6.75. The minimum absolute atomic E-state index is 0.810. The van der Waals surface area contributed by atoms with Crippen molar-refractivity contribution < 1.29 is 0 Å². The Hall–Kier alpha value is -0.0800. The van der Waals surface area contributed by atoms with Crippen LogP contribution in [0.25, 0.3) is 0 Å². The smallest absolute Gasteiger partial charge is 0.00694 e. The first-order chi connectivity index (χ1) is 8.25. The summed E-state index contributed by atoms with van der Waals surface area (Å²) >= 11 is 0. The maximum absolute atomic E-state index is 3.72. The molecule has 2 atom stereocenters. The largest absolute Gasteiger partial charge is 0.314 e. The lowest BCUT2D eigenvalue weighted by Crippen LogP contribution is -2.41. The molecule has 2 fully saturated rings. The number of nitrogens with zero attached hydrogens (tertiary/aromatic N) is 1. The van der Waals surface area contributed by atoms with Crippen molar-refractivity contribution in [3.05, 3.63) is 0 Å². The molecule has 0 amide bonds. The quantitative estimate of drug-likeness (QED) is 0.741. The maximum Gasteiger partial charge on any atom is 0.00694 e. The van der Waals surface area contributed by atoms with Crippen molar-refractivity contribution in [1.82, 2.24) is 10.2 Å². The average molecular weight is 238 g/mol. The molecule has 1 N–H and O–H groups in total. The number of piperidine rings is 1. The van der Waals surface area contributed by atoms with Gasteiger partial charge in [0.2, 0.25) is 0 Å². The molecule has 17 heavy (non-hydrogen) atoms. The molecule has 2 unspecified atom stereocenters. The van der Waals surface area contributed by atoms with Crippen LogP contribution in [0.2, 0.25) is 0 Å². The Morgan fingerprint density at radius 3 is 2.59 bits per heavy atom. The van der Waals surface area contributed by atoms with Gasteiger partial charge in [0.25, 0.3) is 0 Å². The Labute approximate surface area is 107 Å². The van der Waals surface area contributed by atoms with E-state index in [1.165, 1.54) is 64.6 Å². The van der Waals surface area contributed by atoms with E-state index in [0.717, 1.165) is 18.0 Å². The molecular formula is C15H30N2. The molecule has 100 valence electrons. The molecule has 1 aliphatic heterocycles. The second-order valence-electron chi connectivity index (χ2n) is 6.30. The molecule has 1 saturated carbocycles. The normalized spacial score (nSPS) is 32.1. The lowest BCUT2D eigenvalue weighted by atomic mass is 9.93. The Morgan fingerprint density at radius 1 is 1.12 bits per heavy atom. The van der Waals surface area contributed by atoms with E-state index in [2.05, 4.69) is 24.1 Å². The zero-order valence-electron chi connectivity index (χ0n) is 11.8. The summed E-state index contributed by atoms with van der Waals surface area (Å²) in [7, 11) is 0. The van der Waals surface area contributed by atoms with Crippen LogP contribution in [0.3, 0.4) is 0 Å². The van der Waals surface area contributed by atoms with Crippen LogP contribution >= 0.6 is 0 Å². The van der Waals surface area contributed by atoms with E-state index in [1.807, 2.05) is 0 Å². The average Bonchev–Trinajstić information content (AvgIpc) is 2.79. The van der Waals surface area contributed by atoms with E-state index in [9.17, 15) is 0 Å². The van der Waals surface area contributed by atoms with Crippen molar-refractivity contribution in [2.24, 2.45) is 5.92 Å². The summed E-state index contributed by atoms with van der Waals surface area (Å²) in [6.07, 6.45) is 9.85. The van der Waals surface area contributed by atoms with Crippen molar-refractivity contribution in [2.45, 2.75) is 70.9 Å². The number of likely N-dealkylation sites (tertiary alicyclic amines) is 1. The number of nitrogens with one attached hydrogen (secondary N) is 1. The SMILES string of the molecule is CC1CCN(CCCNC2CCCC2)C(C)C1. The van der Waals surface area contributed by atoms with Crippen LogP contribution in [0.15, 0.2) is 0 Å². The molecule has 0 bridgehead atoms. The molecule has 2 rings (SSSR count). The highest BCUT2D eigenvalue weighted by atomic mass is 15.2. The Kier molecular flexibility index (Phi) is 5.30. The topological polar surface area (TPSA) is 15.3 Å². The minimum Gasteiger partial charge on any atom is -0.314 e. The molecule has 0 radical (unpaired) electrons. The monoisotopic (exact) mass is 238 g/mol. The summed E-state index contributed by atoms with van der Waals surface area (Å²) in [4.78, 5) is 2.69. The molecule has 2 heteroatoms. The van der Waals surface area contributed by atoms with E-state index in [1.54, 1.807) is 0 Å². The van der Waals surface area contributed by atoms with Gasteiger partial charge in [-0.05, 0) is 64.6 Å². The summed E-state index contributed by atoms with van der Waals surface area (Å²) in [6, 6.07) is 1.65. The lowest BCUT2D eigenvalue weighted by molar-refractivity contribution is 0.128. The molecule has 1 aliphatic carbocycles. The van der Waals surface area contributed by atoms with Crippen molar-refractivity contribution in [3.63, 3.8) is 0 Å². The minimum atomic E-state index is 0.810. The van der Waals surface area contributed by atoms with E-state index < -0.39 is 0 Å². The fourth-order valence-electron chi connectivity index (χ4n) is 3.51. The Balaban J connectivity index is 1.55. The van der Waals surface area contributed by atoms with Gasteiger partial charge in [-0.1, -0.05) is 19.8 Å². The number of hydrogen-bond donors (Lipinski definition) is 1. The van der Waals surface area contributed by atoms with Gasteiger partial charge in [-0.15, -0.1) is 0 Å². The summed E-state index contributed by atoms with van der Waals surface area (Å²) in [5.41, 5.74) is 0. The molecule has 2 nitrogen and oxygen atoms in total. The first-order valence-corrected chi connectivity index (χ1v) is 7.73. The fourth-order valence-corrected chi connectivity index (χ4v) is 3.51. The van der Waals surface area contributed by atoms with Gasteiger partial charge in [0.05, 0.1) is 0 Å². The van der Waals surface area contributed by atoms with Crippen LogP contribution in [0, 0.1) is 5.92 Å². The van der Waals surface area contributed by atoms with E-state index in [4.69, 9.17) is 0 Å². The van der Waals surface area contributed by atoms with Crippen molar-refractivity contribution in [2.75, 3.05) is 19.6 Å². The van der Waals surface area contributed by atoms with Gasteiger partial charge < -0.3 is 10.2 Å². The second-order valence-corrected chi connectivity index (χ2v) is 6.30. The van der Waals surface area contributed by atoms with Crippen LogP contribution in [-0.2, 0) is 0 Å². The first-order valence-electron chi connectivity index (χ1n) is 7.73. The predicted octanol–water partition coefficient (Wildman–Crippen LogP) is 3.03. The zero-order valence-corrected chi connectivity index (χ0v) is 11.8. The third kappa shape index (κ3) is 4.26. The summed E-state index contributed by atoms with van der Waals surface area (Å²) in [5, 5.41) is 3.72. The van der Waals surface area contributed by atoms with Gasteiger partial charge in [-0.2, -0.15) is 0 Å². The molecule has 0 spiro atoms. The standard InChI is InChI=1S/C15H30N2/c1-13-8-11-17(14(2)12-13)10-5-9-16-15-6-3-4-7-15/h13-16H,3-12H2,1-2H3. The highest BCUT2D eigenvalue weighted by Crippen LogP contribution is 2.22. The van der Waals surface area contributed by atoms with Crippen molar-refractivity contribution >= 4 is 0 Å². The Bertz CT molecular complexity index is 211. The van der Waals surface area contributed by atoms with Crippen molar-refractivity contribution in [1.29, 1.82) is 0 Å². The summed E-state index contributed by atoms with van der Waals surface area (Å²) < 4.78 is 0. The highest BCUT2D eigenvalue weighted by Gasteiger charge is 2.22. The van der Waals surface area contributed by atoms with Crippen LogP contribution in [-0.4, -0.2) is 36.6 Å². The van der Waals surface area contributed by atoms with Gasteiger partial charge in [-0.3, -0.25) is 0 Å². The lowest BCUT2D eigenvalue weighted by Gasteiger charge is -2.36. The molecular weight excluding hydrogens is 208 g/mol. The van der Waals surface area contributed by atoms with Crippen LogP contribution in [0.4, 0.5) is 0 Å². The van der Waals surface area contributed by atoms with E-state index in [0.29, 0.717) is 0 Å².